The maximum absolute atomic E-state index is 12.0. The molecule has 3 amide bonds. The van der Waals surface area contributed by atoms with Gasteiger partial charge in [-0.05, 0) is 42.8 Å². The van der Waals surface area contributed by atoms with E-state index < -0.39 is 6.03 Å². The van der Waals surface area contributed by atoms with E-state index in [0.29, 0.717) is 17.1 Å². The van der Waals surface area contributed by atoms with Crippen molar-refractivity contribution in [3.63, 3.8) is 0 Å². The fraction of sp³-hybridized carbons (Fsp3) is 0.125. The standard InChI is InChI=1S/C16H17N3O3/c1-10-6-7-15(21)14(8-10)19-16(22)18-13-5-3-4-12(9-13)17-11(2)20/h3-9,21H,1-2H3,(H,17,20)(H2,18,19,22). The number of carbonyl (C=O) groups excluding carboxylic acids is 2. The van der Waals surface area contributed by atoms with Gasteiger partial charge >= 0.3 is 6.03 Å². The summed E-state index contributed by atoms with van der Waals surface area (Å²) in [7, 11) is 0. The number of aryl methyl sites for hydroxylation is 1. The number of rotatable bonds is 3. The Morgan fingerprint density at radius 3 is 2.32 bits per heavy atom. The van der Waals surface area contributed by atoms with Crippen LogP contribution in [0.1, 0.15) is 12.5 Å². The maximum Gasteiger partial charge on any atom is 0.323 e. The van der Waals surface area contributed by atoms with Crippen molar-refractivity contribution >= 4 is 29.0 Å². The molecule has 114 valence electrons. The Morgan fingerprint density at radius 2 is 1.64 bits per heavy atom. The first kappa shape index (κ1) is 15.4. The molecule has 6 heteroatoms. The van der Waals surface area contributed by atoms with E-state index in [-0.39, 0.29) is 11.7 Å². The summed E-state index contributed by atoms with van der Waals surface area (Å²) in [5.41, 5.74) is 2.36. The van der Waals surface area contributed by atoms with E-state index in [2.05, 4.69) is 16.0 Å². The van der Waals surface area contributed by atoms with Crippen LogP contribution in [0.2, 0.25) is 0 Å². The summed E-state index contributed by atoms with van der Waals surface area (Å²) >= 11 is 0. The summed E-state index contributed by atoms with van der Waals surface area (Å²) in [4.78, 5) is 23.0. The van der Waals surface area contributed by atoms with Crippen LogP contribution in [0.25, 0.3) is 0 Å². The van der Waals surface area contributed by atoms with Crippen molar-refractivity contribution in [2.45, 2.75) is 13.8 Å². The van der Waals surface area contributed by atoms with E-state index in [0.717, 1.165) is 5.56 Å². The zero-order chi connectivity index (χ0) is 16.1. The smallest absolute Gasteiger partial charge is 0.323 e. The molecule has 6 nitrogen and oxygen atoms in total. The molecular weight excluding hydrogens is 282 g/mol. The third-order valence-electron chi connectivity index (χ3n) is 2.84. The minimum absolute atomic E-state index is 0.00672. The number of phenolic OH excluding ortho intramolecular Hbond substituents is 1. The molecule has 0 unspecified atom stereocenters. The lowest BCUT2D eigenvalue weighted by Crippen LogP contribution is -2.19. The second kappa shape index (κ2) is 6.62. The largest absolute Gasteiger partial charge is 0.506 e. The molecule has 2 aromatic rings. The van der Waals surface area contributed by atoms with Gasteiger partial charge in [0.1, 0.15) is 5.75 Å². The number of urea groups is 1. The highest BCUT2D eigenvalue weighted by molar-refractivity contribution is 6.01. The number of nitrogens with one attached hydrogen (secondary N) is 3. The highest BCUT2D eigenvalue weighted by Crippen LogP contribution is 2.24. The van der Waals surface area contributed by atoms with E-state index in [1.54, 1.807) is 36.4 Å². The first-order valence-corrected chi connectivity index (χ1v) is 6.69. The van der Waals surface area contributed by atoms with Crippen LogP contribution in [-0.2, 0) is 4.79 Å². The minimum Gasteiger partial charge on any atom is -0.506 e. The van der Waals surface area contributed by atoms with Crippen LogP contribution in [0, 0.1) is 6.92 Å². The molecule has 2 aromatic carbocycles. The maximum atomic E-state index is 12.0. The van der Waals surface area contributed by atoms with E-state index in [4.69, 9.17) is 0 Å². The highest BCUT2D eigenvalue weighted by Gasteiger charge is 2.07. The number of phenols is 1. The summed E-state index contributed by atoms with van der Waals surface area (Å²) in [6.45, 7) is 3.27. The Hall–Kier alpha value is -3.02. The highest BCUT2D eigenvalue weighted by atomic mass is 16.3. The second-order valence-electron chi connectivity index (χ2n) is 4.86. The molecule has 0 fully saturated rings. The topological polar surface area (TPSA) is 90.5 Å². The molecule has 0 aliphatic rings. The number of hydrogen-bond donors (Lipinski definition) is 4. The van der Waals surface area contributed by atoms with Gasteiger partial charge in [-0.25, -0.2) is 4.79 Å². The van der Waals surface area contributed by atoms with Crippen molar-refractivity contribution in [2.75, 3.05) is 16.0 Å². The van der Waals surface area contributed by atoms with Crippen LogP contribution >= 0.6 is 0 Å². The van der Waals surface area contributed by atoms with Gasteiger partial charge in [0.05, 0.1) is 5.69 Å². The Bertz CT molecular complexity index is 714. The summed E-state index contributed by atoms with van der Waals surface area (Å²) < 4.78 is 0. The number of anilines is 3. The van der Waals surface area contributed by atoms with E-state index in [1.807, 2.05) is 6.92 Å². The van der Waals surface area contributed by atoms with Gasteiger partial charge in [0.25, 0.3) is 0 Å². The van der Waals surface area contributed by atoms with Crippen molar-refractivity contribution in [2.24, 2.45) is 0 Å². The fourth-order valence-corrected chi connectivity index (χ4v) is 1.91. The van der Waals surface area contributed by atoms with Crippen LogP contribution in [-0.4, -0.2) is 17.0 Å². The van der Waals surface area contributed by atoms with Crippen LogP contribution in [0.3, 0.4) is 0 Å². The molecule has 0 radical (unpaired) electrons. The first-order chi connectivity index (χ1) is 10.4. The molecule has 0 atom stereocenters. The van der Waals surface area contributed by atoms with Crippen LogP contribution < -0.4 is 16.0 Å². The molecule has 0 saturated heterocycles. The predicted molar refractivity (Wildman–Crippen MR) is 86.2 cm³/mol. The molecule has 0 aliphatic heterocycles. The molecule has 0 heterocycles. The SMILES string of the molecule is CC(=O)Nc1cccc(NC(=O)Nc2cc(C)ccc2O)c1. The average molecular weight is 299 g/mol. The van der Waals surface area contributed by atoms with E-state index in [9.17, 15) is 14.7 Å². The number of aromatic hydroxyl groups is 1. The number of benzene rings is 2. The minimum atomic E-state index is -0.485. The van der Waals surface area contributed by atoms with Gasteiger partial charge in [0, 0.05) is 18.3 Å². The molecule has 0 spiro atoms. The molecule has 0 saturated carbocycles. The van der Waals surface area contributed by atoms with Crippen molar-refractivity contribution in [3.8, 4) is 5.75 Å². The fourth-order valence-electron chi connectivity index (χ4n) is 1.91. The Balaban J connectivity index is 2.05. The van der Waals surface area contributed by atoms with Crippen molar-refractivity contribution in [1.82, 2.24) is 0 Å². The lowest BCUT2D eigenvalue weighted by molar-refractivity contribution is -0.114. The normalized spacial score (nSPS) is 9.91. The van der Waals surface area contributed by atoms with Crippen molar-refractivity contribution < 1.29 is 14.7 Å². The Labute approximate surface area is 128 Å². The van der Waals surface area contributed by atoms with Gasteiger partial charge < -0.3 is 21.1 Å². The summed E-state index contributed by atoms with van der Waals surface area (Å²) in [6.07, 6.45) is 0. The first-order valence-electron chi connectivity index (χ1n) is 6.69. The van der Waals surface area contributed by atoms with Gasteiger partial charge in [-0.3, -0.25) is 4.79 Å². The van der Waals surface area contributed by atoms with Gasteiger partial charge in [-0.2, -0.15) is 0 Å². The van der Waals surface area contributed by atoms with Crippen LogP contribution in [0.5, 0.6) is 5.75 Å². The van der Waals surface area contributed by atoms with Gasteiger partial charge in [-0.15, -0.1) is 0 Å². The predicted octanol–water partition coefficient (Wildman–Crippen LogP) is 3.30. The quantitative estimate of drug-likeness (QED) is 0.655. The number of carbonyl (C=O) groups is 2. The molecule has 0 aromatic heterocycles. The van der Waals surface area contributed by atoms with Crippen molar-refractivity contribution in [1.29, 1.82) is 0 Å². The summed E-state index contributed by atoms with van der Waals surface area (Å²) in [5.74, 6) is -0.195. The summed E-state index contributed by atoms with van der Waals surface area (Å²) in [5, 5.41) is 17.5. The molecule has 22 heavy (non-hydrogen) atoms. The average Bonchev–Trinajstić information content (AvgIpc) is 2.42. The molecule has 0 aliphatic carbocycles. The van der Waals surface area contributed by atoms with Gasteiger partial charge in [0.15, 0.2) is 0 Å². The Morgan fingerprint density at radius 1 is 0.955 bits per heavy atom. The second-order valence-corrected chi connectivity index (χ2v) is 4.86. The van der Waals surface area contributed by atoms with Gasteiger partial charge in [0.2, 0.25) is 5.91 Å². The molecular formula is C16H17N3O3. The van der Waals surface area contributed by atoms with E-state index in [1.165, 1.54) is 13.0 Å². The third-order valence-corrected chi connectivity index (χ3v) is 2.84. The summed E-state index contributed by atoms with van der Waals surface area (Å²) in [6, 6.07) is 11.2. The molecule has 2 rings (SSSR count). The molecule has 0 bridgehead atoms. The lowest BCUT2D eigenvalue weighted by atomic mass is 10.2. The monoisotopic (exact) mass is 299 g/mol. The third kappa shape index (κ3) is 4.24. The van der Waals surface area contributed by atoms with Crippen LogP contribution in [0.4, 0.5) is 21.9 Å². The van der Waals surface area contributed by atoms with E-state index >= 15 is 0 Å². The van der Waals surface area contributed by atoms with Crippen LogP contribution in [0.15, 0.2) is 42.5 Å². The lowest BCUT2D eigenvalue weighted by Gasteiger charge is -2.11. The number of amides is 3. The zero-order valence-electron chi connectivity index (χ0n) is 12.3. The van der Waals surface area contributed by atoms with Crippen molar-refractivity contribution in [3.05, 3.63) is 48.0 Å². The Kier molecular flexibility index (Phi) is 4.63. The molecule has 4 N–H and O–H groups in total. The number of hydrogen-bond acceptors (Lipinski definition) is 3. The van der Waals surface area contributed by atoms with Gasteiger partial charge in [-0.1, -0.05) is 12.1 Å². The zero-order valence-corrected chi connectivity index (χ0v) is 12.3.